The largest absolute Gasteiger partial charge is 0.380 e. The molecule has 124 valence electrons. The number of aromatic nitrogens is 1. The van der Waals surface area contributed by atoms with E-state index in [2.05, 4.69) is 22.4 Å². The molecule has 2 amide bonds. The molecule has 6 nitrogen and oxygen atoms in total. The summed E-state index contributed by atoms with van der Waals surface area (Å²) in [5.41, 5.74) is 2.49. The van der Waals surface area contributed by atoms with Crippen LogP contribution in [0.25, 0.3) is 0 Å². The highest BCUT2D eigenvalue weighted by atomic mass is 16.2. The Bertz CT molecular complexity index is 680. The number of pyridine rings is 1. The van der Waals surface area contributed by atoms with E-state index in [0.717, 1.165) is 12.1 Å². The van der Waals surface area contributed by atoms with Crippen molar-refractivity contribution in [3.8, 4) is 0 Å². The van der Waals surface area contributed by atoms with Gasteiger partial charge in [0.2, 0.25) is 6.41 Å². The zero-order chi connectivity index (χ0) is 16.8. The molecule has 0 radical (unpaired) electrons. The lowest BCUT2D eigenvalue weighted by molar-refractivity contribution is -0.119. The Morgan fingerprint density at radius 2 is 1.83 bits per heavy atom. The molecule has 0 atom stereocenters. The predicted molar refractivity (Wildman–Crippen MR) is 91.5 cm³/mol. The van der Waals surface area contributed by atoms with E-state index in [0.29, 0.717) is 38.4 Å². The van der Waals surface area contributed by atoms with E-state index in [4.69, 9.17) is 0 Å². The molecule has 0 spiro atoms. The van der Waals surface area contributed by atoms with Gasteiger partial charge in [-0.15, -0.1) is 0 Å². The van der Waals surface area contributed by atoms with Gasteiger partial charge < -0.3 is 15.1 Å². The van der Waals surface area contributed by atoms with Crippen molar-refractivity contribution in [3.05, 3.63) is 59.9 Å². The first kappa shape index (κ1) is 16.0. The molecule has 2 heterocycles. The molecule has 0 saturated carbocycles. The van der Waals surface area contributed by atoms with Crippen LogP contribution < -0.4 is 5.32 Å². The molecule has 0 aliphatic carbocycles. The Balaban J connectivity index is 1.56. The molecule has 1 N–H and O–H groups in total. The third kappa shape index (κ3) is 3.90. The van der Waals surface area contributed by atoms with Gasteiger partial charge in [-0.1, -0.05) is 30.3 Å². The number of hydrogen-bond acceptors (Lipinski definition) is 4. The summed E-state index contributed by atoms with van der Waals surface area (Å²) in [6, 6.07) is 13.7. The molecular formula is C18H20N4O2. The maximum absolute atomic E-state index is 12.4. The van der Waals surface area contributed by atoms with Gasteiger partial charge in [-0.05, 0) is 17.7 Å². The Labute approximate surface area is 141 Å². The lowest BCUT2D eigenvalue weighted by Gasteiger charge is -2.32. The summed E-state index contributed by atoms with van der Waals surface area (Å²) < 4.78 is 0. The standard InChI is InChI=1S/C18H20N4O2/c23-14-21-8-10-22(11-9-21)18(24)17-7-6-16(13-20-17)19-12-15-4-2-1-3-5-15/h1-7,13-14,19H,8-12H2. The monoisotopic (exact) mass is 324 g/mol. The van der Waals surface area contributed by atoms with E-state index in [1.165, 1.54) is 5.56 Å². The summed E-state index contributed by atoms with van der Waals surface area (Å²) in [5, 5.41) is 3.29. The lowest BCUT2D eigenvalue weighted by atomic mass is 10.2. The van der Waals surface area contributed by atoms with Crippen molar-refractivity contribution >= 4 is 18.0 Å². The van der Waals surface area contributed by atoms with Gasteiger partial charge in [-0.2, -0.15) is 0 Å². The summed E-state index contributed by atoms with van der Waals surface area (Å²) in [6.07, 6.45) is 2.51. The molecule has 0 bridgehead atoms. The van der Waals surface area contributed by atoms with Gasteiger partial charge in [0.25, 0.3) is 5.91 Å². The highest BCUT2D eigenvalue weighted by Gasteiger charge is 2.21. The van der Waals surface area contributed by atoms with Crippen LogP contribution in [0.3, 0.4) is 0 Å². The molecule has 1 aromatic heterocycles. The SMILES string of the molecule is O=CN1CCN(C(=O)c2ccc(NCc3ccccc3)cn2)CC1. The van der Waals surface area contributed by atoms with Crippen LogP contribution in [0.15, 0.2) is 48.7 Å². The van der Waals surface area contributed by atoms with Crippen LogP contribution in [0.1, 0.15) is 16.1 Å². The number of carbonyl (C=O) groups is 2. The van der Waals surface area contributed by atoms with E-state index < -0.39 is 0 Å². The zero-order valence-electron chi connectivity index (χ0n) is 13.4. The third-order valence-electron chi connectivity index (χ3n) is 4.07. The molecule has 2 aromatic rings. The van der Waals surface area contributed by atoms with E-state index in [1.807, 2.05) is 24.3 Å². The maximum Gasteiger partial charge on any atom is 0.272 e. The van der Waals surface area contributed by atoms with Crippen molar-refractivity contribution < 1.29 is 9.59 Å². The molecule has 1 fully saturated rings. The number of nitrogens with zero attached hydrogens (tertiary/aromatic N) is 3. The summed E-state index contributed by atoms with van der Waals surface area (Å²) in [7, 11) is 0. The van der Waals surface area contributed by atoms with Crippen LogP contribution >= 0.6 is 0 Å². The minimum absolute atomic E-state index is 0.0878. The molecule has 3 rings (SSSR count). The number of nitrogens with one attached hydrogen (secondary N) is 1. The fourth-order valence-electron chi connectivity index (χ4n) is 2.62. The van der Waals surface area contributed by atoms with Gasteiger partial charge >= 0.3 is 0 Å². The van der Waals surface area contributed by atoms with E-state index in [1.54, 1.807) is 22.1 Å². The van der Waals surface area contributed by atoms with Crippen LogP contribution in [0, 0.1) is 0 Å². The molecule has 1 aliphatic heterocycles. The van der Waals surface area contributed by atoms with Gasteiger partial charge in [-0.3, -0.25) is 9.59 Å². The van der Waals surface area contributed by atoms with Crippen molar-refractivity contribution in [2.75, 3.05) is 31.5 Å². The fourth-order valence-corrected chi connectivity index (χ4v) is 2.62. The summed E-state index contributed by atoms with van der Waals surface area (Å²) in [4.78, 5) is 30.8. The average Bonchev–Trinajstić information content (AvgIpc) is 2.67. The smallest absolute Gasteiger partial charge is 0.272 e. The van der Waals surface area contributed by atoms with Gasteiger partial charge in [0.15, 0.2) is 0 Å². The van der Waals surface area contributed by atoms with Gasteiger partial charge in [0, 0.05) is 32.7 Å². The van der Waals surface area contributed by atoms with Gasteiger partial charge in [-0.25, -0.2) is 4.98 Å². The van der Waals surface area contributed by atoms with Crippen LogP contribution in [-0.4, -0.2) is 53.3 Å². The topological polar surface area (TPSA) is 65.5 Å². The predicted octanol–water partition coefficient (Wildman–Crippen LogP) is 1.61. The molecule has 0 unspecified atom stereocenters. The minimum Gasteiger partial charge on any atom is -0.380 e. The summed E-state index contributed by atoms with van der Waals surface area (Å²) in [6.45, 7) is 2.96. The van der Waals surface area contributed by atoms with Crippen LogP contribution in [-0.2, 0) is 11.3 Å². The van der Waals surface area contributed by atoms with E-state index >= 15 is 0 Å². The number of rotatable bonds is 5. The van der Waals surface area contributed by atoms with Crippen LogP contribution in [0.5, 0.6) is 0 Å². The third-order valence-corrected chi connectivity index (χ3v) is 4.07. The number of benzene rings is 1. The molecule has 6 heteroatoms. The Morgan fingerprint density at radius 3 is 2.46 bits per heavy atom. The molecule has 1 saturated heterocycles. The molecule has 1 aromatic carbocycles. The molecular weight excluding hydrogens is 304 g/mol. The zero-order valence-corrected chi connectivity index (χ0v) is 13.4. The van der Waals surface area contributed by atoms with Crippen molar-refractivity contribution in [2.24, 2.45) is 0 Å². The summed E-state index contributed by atoms with van der Waals surface area (Å²) >= 11 is 0. The van der Waals surface area contributed by atoms with E-state index in [-0.39, 0.29) is 5.91 Å². The van der Waals surface area contributed by atoms with Crippen molar-refractivity contribution in [1.29, 1.82) is 0 Å². The highest BCUT2D eigenvalue weighted by Crippen LogP contribution is 2.11. The molecule has 24 heavy (non-hydrogen) atoms. The quantitative estimate of drug-likeness (QED) is 0.849. The second-order valence-corrected chi connectivity index (χ2v) is 5.70. The first-order valence-corrected chi connectivity index (χ1v) is 7.99. The Kier molecular flexibility index (Phi) is 5.05. The maximum atomic E-state index is 12.4. The highest BCUT2D eigenvalue weighted by molar-refractivity contribution is 5.92. The lowest BCUT2D eigenvalue weighted by Crippen LogP contribution is -2.48. The second kappa shape index (κ2) is 7.59. The number of piperazine rings is 1. The average molecular weight is 324 g/mol. The minimum atomic E-state index is -0.0878. The van der Waals surface area contributed by atoms with Crippen LogP contribution in [0.2, 0.25) is 0 Å². The van der Waals surface area contributed by atoms with Crippen molar-refractivity contribution in [3.63, 3.8) is 0 Å². The second-order valence-electron chi connectivity index (χ2n) is 5.70. The summed E-state index contributed by atoms with van der Waals surface area (Å²) in [5.74, 6) is -0.0878. The fraction of sp³-hybridized carbons (Fsp3) is 0.278. The normalized spacial score (nSPS) is 14.3. The van der Waals surface area contributed by atoms with Crippen LogP contribution in [0.4, 0.5) is 5.69 Å². The van der Waals surface area contributed by atoms with Crippen molar-refractivity contribution in [2.45, 2.75) is 6.54 Å². The number of anilines is 1. The Morgan fingerprint density at radius 1 is 1.08 bits per heavy atom. The number of amides is 2. The van der Waals surface area contributed by atoms with Gasteiger partial charge in [0.05, 0.1) is 11.9 Å². The number of carbonyl (C=O) groups excluding carboxylic acids is 2. The van der Waals surface area contributed by atoms with Gasteiger partial charge in [0.1, 0.15) is 5.69 Å². The molecule has 1 aliphatic rings. The Hall–Kier alpha value is -2.89. The van der Waals surface area contributed by atoms with Crippen molar-refractivity contribution in [1.82, 2.24) is 14.8 Å². The van der Waals surface area contributed by atoms with E-state index in [9.17, 15) is 9.59 Å². The number of hydrogen-bond donors (Lipinski definition) is 1. The first-order chi connectivity index (χ1) is 11.8. The first-order valence-electron chi connectivity index (χ1n) is 7.99.